The zero-order valence-electron chi connectivity index (χ0n) is 11.7. The molecule has 0 aliphatic carbocycles. The average molecular weight is 300 g/mol. The summed E-state index contributed by atoms with van der Waals surface area (Å²) in [6.07, 6.45) is 0.342. The van der Waals surface area contributed by atoms with Crippen LogP contribution in [0.1, 0.15) is 18.9 Å². The first-order valence-electron chi connectivity index (χ1n) is 6.72. The minimum Gasteiger partial charge on any atom is -0.298 e. The summed E-state index contributed by atoms with van der Waals surface area (Å²) in [4.78, 5) is 0.280. The van der Waals surface area contributed by atoms with E-state index in [1.807, 2.05) is 37.3 Å². The number of benzene rings is 2. The smallest absolute Gasteiger partial charge is 0.221 e. The minimum atomic E-state index is -3.53. The summed E-state index contributed by atoms with van der Waals surface area (Å²) in [5.74, 6) is 0. The Kier molecular flexibility index (Phi) is 3.29. The van der Waals surface area contributed by atoms with Crippen molar-refractivity contribution in [2.24, 2.45) is 5.10 Å². The fraction of sp³-hybridized carbons (Fsp3) is 0.188. The number of nitrogens with one attached hydrogen (secondary N) is 1. The van der Waals surface area contributed by atoms with Crippen molar-refractivity contribution in [3.05, 3.63) is 66.2 Å². The van der Waals surface area contributed by atoms with Gasteiger partial charge in [0.05, 0.1) is 10.4 Å². The van der Waals surface area contributed by atoms with Crippen LogP contribution in [0.2, 0.25) is 0 Å². The number of sulfone groups is 1. The number of hydrogen-bond acceptors (Lipinski definition) is 4. The molecule has 2 aromatic rings. The van der Waals surface area contributed by atoms with Crippen LogP contribution in [0.3, 0.4) is 0 Å². The number of hydrazone groups is 1. The molecule has 2 aromatic carbocycles. The Bertz CT molecular complexity index is 770. The molecule has 1 atom stereocenters. The lowest BCUT2D eigenvalue weighted by Gasteiger charge is -2.23. The van der Waals surface area contributed by atoms with Gasteiger partial charge in [0.1, 0.15) is 0 Å². The fourth-order valence-electron chi connectivity index (χ4n) is 2.43. The molecule has 1 aliphatic rings. The predicted molar refractivity (Wildman–Crippen MR) is 82.6 cm³/mol. The SMILES string of the molecule is CC1(c2ccccc2)CC(S(=O)(=O)c2ccccc2)=NN1. The van der Waals surface area contributed by atoms with Crippen LogP contribution in [0.15, 0.2) is 70.7 Å². The normalized spacial score (nSPS) is 21.7. The molecular formula is C16H16N2O2S. The molecule has 0 amide bonds. The molecular weight excluding hydrogens is 284 g/mol. The van der Waals surface area contributed by atoms with Crippen LogP contribution >= 0.6 is 0 Å². The maximum Gasteiger partial charge on any atom is 0.221 e. The average Bonchev–Trinajstić information content (AvgIpc) is 2.94. The zero-order chi connectivity index (χ0) is 14.9. The molecule has 0 bridgehead atoms. The molecule has 0 spiro atoms. The minimum absolute atomic E-state index is 0.181. The Hall–Kier alpha value is -2.14. The van der Waals surface area contributed by atoms with Crippen LogP contribution in [-0.2, 0) is 15.4 Å². The molecule has 1 aliphatic heterocycles. The third kappa shape index (κ3) is 2.45. The van der Waals surface area contributed by atoms with Crippen molar-refractivity contribution in [3.8, 4) is 0 Å². The van der Waals surface area contributed by atoms with E-state index in [1.54, 1.807) is 30.3 Å². The summed E-state index contributed by atoms with van der Waals surface area (Å²) in [6.45, 7) is 1.96. The molecule has 0 saturated heterocycles. The highest BCUT2D eigenvalue weighted by Crippen LogP contribution is 2.31. The highest BCUT2D eigenvalue weighted by atomic mass is 32.2. The van der Waals surface area contributed by atoms with Crippen molar-refractivity contribution in [2.45, 2.75) is 23.8 Å². The van der Waals surface area contributed by atoms with Crippen molar-refractivity contribution >= 4 is 14.9 Å². The molecule has 1 unspecified atom stereocenters. The van der Waals surface area contributed by atoms with Crippen LogP contribution in [0.4, 0.5) is 0 Å². The third-order valence-corrected chi connectivity index (χ3v) is 5.46. The monoisotopic (exact) mass is 300 g/mol. The van der Waals surface area contributed by atoms with E-state index in [0.717, 1.165) is 5.56 Å². The third-order valence-electron chi connectivity index (χ3n) is 3.71. The van der Waals surface area contributed by atoms with E-state index < -0.39 is 15.4 Å². The van der Waals surface area contributed by atoms with Crippen molar-refractivity contribution < 1.29 is 8.42 Å². The van der Waals surface area contributed by atoms with Gasteiger partial charge >= 0.3 is 0 Å². The summed E-state index contributed by atoms with van der Waals surface area (Å²) < 4.78 is 25.2. The second-order valence-electron chi connectivity index (χ2n) is 5.31. The van der Waals surface area contributed by atoms with Crippen molar-refractivity contribution in [1.82, 2.24) is 5.43 Å². The topological polar surface area (TPSA) is 58.5 Å². The fourth-order valence-corrected chi connectivity index (χ4v) is 3.86. The lowest BCUT2D eigenvalue weighted by Crippen LogP contribution is -2.32. The van der Waals surface area contributed by atoms with E-state index in [-0.39, 0.29) is 9.94 Å². The Labute approximate surface area is 124 Å². The van der Waals surface area contributed by atoms with Gasteiger partial charge in [0, 0.05) is 6.42 Å². The van der Waals surface area contributed by atoms with Gasteiger partial charge in [-0.3, -0.25) is 5.43 Å². The summed E-state index contributed by atoms with van der Waals surface area (Å²) in [5.41, 5.74) is 3.52. The second-order valence-corrected chi connectivity index (χ2v) is 7.26. The largest absolute Gasteiger partial charge is 0.298 e. The van der Waals surface area contributed by atoms with Crippen LogP contribution in [0.25, 0.3) is 0 Å². The molecule has 4 nitrogen and oxygen atoms in total. The zero-order valence-corrected chi connectivity index (χ0v) is 12.5. The quantitative estimate of drug-likeness (QED) is 0.927. The van der Waals surface area contributed by atoms with Crippen molar-refractivity contribution in [1.29, 1.82) is 0 Å². The molecule has 1 heterocycles. The highest BCUT2D eigenvalue weighted by Gasteiger charge is 2.38. The summed E-state index contributed by atoms with van der Waals surface area (Å²) >= 11 is 0. The molecule has 21 heavy (non-hydrogen) atoms. The lowest BCUT2D eigenvalue weighted by atomic mass is 9.91. The first kappa shape index (κ1) is 13.8. The van der Waals surface area contributed by atoms with Gasteiger partial charge in [-0.05, 0) is 24.6 Å². The van der Waals surface area contributed by atoms with Crippen LogP contribution < -0.4 is 5.43 Å². The van der Waals surface area contributed by atoms with Gasteiger partial charge in [-0.25, -0.2) is 8.42 Å². The van der Waals surface area contributed by atoms with Gasteiger partial charge in [-0.2, -0.15) is 5.10 Å². The van der Waals surface area contributed by atoms with Gasteiger partial charge in [0.25, 0.3) is 0 Å². The molecule has 5 heteroatoms. The first-order chi connectivity index (χ1) is 10.0. The molecule has 3 rings (SSSR count). The van der Waals surface area contributed by atoms with Crippen molar-refractivity contribution in [3.63, 3.8) is 0 Å². The highest BCUT2D eigenvalue weighted by molar-refractivity contribution is 8.06. The maximum absolute atomic E-state index is 12.6. The first-order valence-corrected chi connectivity index (χ1v) is 8.20. The molecule has 1 N–H and O–H groups in total. The molecule has 108 valence electrons. The van der Waals surface area contributed by atoms with E-state index in [1.165, 1.54) is 0 Å². The van der Waals surface area contributed by atoms with Gasteiger partial charge < -0.3 is 0 Å². The molecule has 0 fully saturated rings. The van der Waals surface area contributed by atoms with Gasteiger partial charge in [0.2, 0.25) is 9.84 Å². The second kappa shape index (κ2) is 5.00. The summed E-state index contributed by atoms with van der Waals surface area (Å²) in [6, 6.07) is 18.2. The molecule has 0 saturated carbocycles. The van der Waals surface area contributed by atoms with Gasteiger partial charge in [0.15, 0.2) is 5.04 Å². The molecule has 0 aromatic heterocycles. The number of nitrogens with zero attached hydrogens (tertiary/aromatic N) is 1. The van der Waals surface area contributed by atoms with Gasteiger partial charge in [-0.15, -0.1) is 0 Å². The Morgan fingerprint density at radius 1 is 1.00 bits per heavy atom. The number of hydrogen-bond donors (Lipinski definition) is 1. The summed E-state index contributed by atoms with van der Waals surface area (Å²) in [7, 11) is -3.53. The van der Waals surface area contributed by atoms with Crippen LogP contribution in [0, 0.1) is 0 Å². The van der Waals surface area contributed by atoms with E-state index in [4.69, 9.17) is 0 Å². The van der Waals surface area contributed by atoms with E-state index in [9.17, 15) is 8.42 Å². The summed E-state index contributed by atoms with van der Waals surface area (Å²) in [5, 5.41) is 4.27. The molecule has 0 radical (unpaired) electrons. The predicted octanol–water partition coefficient (Wildman–Crippen LogP) is 2.68. The standard InChI is InChI=1S/C16H16N2O2S/c1-16(13-8-4-2-5-9-13)12-15(17-18-16)21(19,20)14-10-6-3-7-11-14/h2-11,18H,12H2,1H3. The Balaban J connectivity index is 1.91. The van der Waals surface area contributed by atoms with Crippen molar-refractivity contribution in [2.75, 3.05) is 0 Å². The van der Waals surface area contributed by atoms with E-state index >= 15 is 0 Å². The lowest BCUT2D eigenvalue weighted by molar-refractivity contribution is 0.422. The number of rotatable bonds is 2. The van der Waals surface area contributed by atoms with Crippen LogP contribution in [0.5, 0.6) is 0 Å². The maximum atomic E-state index is 12.6. The van der Waals surface area contributed by atoms with Crippen LogP contribution in [-0.4, -0.2) is 13.5 Å². The Morgan fingerprint density at radius 2 is 1.57 bits per heavy atom. The Morgan fingerprint density at radius 3 is 2.19 bits per heavy atom. The van der Waals surface area contributed by atoms with E-state index in [0.29, 0.717) is 6.42 Å². The van der Waals surface area contributed by atoms with E-state index in [2.05, 4.69) is 10.5 Å². The van der Waals surface area contributed by atoms with Gasteiger partial charge in [-0.1, -0.05) is 48.5 Å².